The summed E-state index contributed by atoms with van der Waals surface area (Å²) in [6.45, 7) is 0.126. The summed E-state index contributed by atoms with van der Waals surface area (Å²) < 4.78 is 45.1. The molecule has 6 nitrogen and oxygen atoms in total. The van der Waals surface area contributed by atoms with E-state index in [4.69, 9.17) is 28.6 Å². The van der Waals surface area contributed by atoms with Gasteiger partial charge in [0.05, 0.1) is 24.9 Å². The number of anilines is 2. The standard InChI is InChI=1S/C18H15ClF3N5OS/c1-28-15-6-5-13(19)8-14(15)24-17(29)25-16-23-10-27(26-16)9-11-3-2-4-12(7-11)18(20,21)22/h2-8,10H,9H2,1H3,(H2,24,25,26,29). The van der Waals surface area contributed by atoms with E-state index >= 15 is 0 Å². The molecule has 0 amide bonds. The fourth-order valence-electron chi connectivity index (χ4n) is 2.49. The molecule has 29 heavy (non-hydrogen) atoms. The highest BCUT2D eigenvalue weighted by atomic mass is 35.5. The lowest BCUT2D eigenvalue weighted by Gasteiger charge is -2.12. The summed E-state index contributed by atoms with van der Waals surface area (Å²) in [5, 5.41) is 10.6. The van der Waals surface area contributed by atoms with Gasteiger partial charge in [0.1, 0.15) is 12.1 Å². The summed E-state index contributed by atoms with van der Waals surface area (Å²) in [5.74, 6) is 0.733. The molecule has 0 unspecified atom stereocenters. The number of methoxy groups -OCH3 is 1. The van der Waals surface area contributed by atoms with Crippen LogP contribution in [0.5, 0.6) is 5.75 Å². The first kappa shape index (κ1) is 20.9. The number of halogens is 4. The van der Waals surface area contributed by atoms with E-state index in [0.717, 1.165) is 12.1 Å². The van der Waals surface area contributed by atoms with Gasteiger partial charge in [0.25, 0.3) is 0 Å². The van der Waals surface area contributed by atoms with Crippen LogP contribution < -0.4 is 15.4 Å². The van der Waals surface area contributed by atoms with Crippen LogP contribution in [0, 0.1) is 0 Å². The Morgan fingerprint density at radius 3 is 2.72 bits per heavy atom. The zero-order chi connectivity index (χ0) is 21.0. The predicted molar refractivity (Wildman–Crippen MR) is 108 cm³/mol. The first-order chi connectivity index (χ1) is 13.7. The van der Waals surface area contributed by atoms with Crippen LogP contribution in [-0.4, -0.2) is 27.0 Å². The van der Waals surface area contributed by atoms with E-state index in [2.05, 4.69) is 20.7 Å². The normalized spacial score (nSPS) is 11.2. The molecule has 0 spiro atoms. The summed E-state index contributed by atoms with van der Waals surface area (Å²) in [6, 6.07) is 10.0. The van der Waals surface area contributed by atoms with Crippen molar-refractivity contribution in [2.45, 2.75) is 12.7 Å². The third kappa shape index (κ3) is 5.58. The SMILES string of the molecule is COc1ccc(Cl)cc1NC(=S)Nc1ncn(Cc2cccc(C(F)(F)F)c2)n1. The van der Waals surface area contributed by atoms with Crippen LogP contribution in [0.2, 0.25) is 5.02 Å². The Labute approximate surface area is 174 Å². The summed E-state index contributed by atoms with van der Waals surface area (Å²) >= 11 is 11.2. The number of nitrogens with one attached hydrogen (secondary N) is 2. The average Bonchev–Trinajstić information content (AvgIpc) is 3.08. The minimum Gasteiger partial charge on any atom is -0.495 e. The Kier molecular flexibility index (Phi) is 6.23. The first-order valence-electron chi connectivity index (χ1n) is 8.22. The third-order valence-electron chi connectivity index (χ3n) is 3.77. The number of thiocarbonyl (C=S) groups is 1. The molecule has 11 heteroatoms. The third-order valence-corrected chi connectivity index (χ3v) is 4.21. The smallest absolute Gasteiger partial charge is 0.416 e. The molecule has 2 aromatic carbocycles. The Bertz CT molecular complexity index is 1020. The maximum atomic E-state index is 12.8. The van der Waals surface area contributed by atoms with Crippen LogP contribution in [0.25, 0.3) is 0 Å². The van der Waals surface area contributed by atoms with Crippen molar-refractivity contribution in [1.82, 2.24) is 14.8 Å². The average molecular weight is 442 g/mol. The van der Waals surface area contributed by atoms with E-state index in [1.807, 2.05) is 0 Å². The van der Waals surface area contributed by atoms with Gasteiger partial charge in [-0.05, 0) is 48.1 Å². The van der Waals surface area contributed by atoms with Crippen molar-refractivity contribution in [3.8, 4) is 5.75 Å². The summed E-state index contributed by atoms with van der Waals surface area (Å²) in [6.07, 6.45) is -3.00. The second kappa shape index (κ2) is 8.66. The van der Waals surface area contributed by atoms with Crippen LogP contribution in [-0.2, 0) is 12.7 Å². The van der Waals surface area contributed by atoms with Gasteiger partial charge in [0, 0.05) is 5.02 Å². The van der Waals surface area contributed by atoms with E-state index in [0.29, 0.717) is 22.0 Å². The van der Waals surface area contributed by atoms with E-state index < -0.39 is 11.7 Å². The fraction of sp³-hybridized carbons (Fsp3) is 0.167. The minimum atomic E-state index is -4.40. The summed E-state index contributed by atoms with van der Waals surface area (Å²) in [7, 11) is 1.52. The Morgan fingerprint density at radius 1 is 1.21 bits per heavy atom. The van der Waals surface area contributed by atoms with Gasteiger partial charge in [-0.25, -0.2) is 9.67 Å². The molecular weight excluding hydrogens is 427 g/mol. The summed E-state index contributed by atoms with van der Waals surface area (Å²) in [5.41, 5.74) is 0.288. The number of hydrogen-bond acceptors (Lipinski definition) is 4. The molecule has 3 aromatic rings. The molecule has 2 N–H and O–H groups in total. The van der Waals surface area contributed by atoms with E-state index in [1.54, 1.807) is 24.3 Å². The number of aromatic nitrogens is 3. The van der Waals surface area contributed by atoms with Crippen molar-refractivity contribution >= 4 is 40.6 Å². The van der Waals surface area contributed by atoms with E-state index in [9.17, 15) is 13.2 Å². The topological polar surface area (TPSA) is 64.0 Å². The molecule has 0 atom stereocenters. The maximum Gasteiger partial charge on any atom is 0.416 e. The van der Waals surface area contributed by atoms with Gasteiger partial charge < -0.3 is 10.1 Å². The van der Waals surface area contributed by atoms with Crippen LogP contribution in [0.15, 0.2) is 48.8 Å². The highest BCUT2D eigenvalue weighted by Crippen LogP contribution is 2.30. The second-order valence-corrected chi connectivity index (χ2v) is 6.73. The molecule has 0 fully saturated rings. The van der Waals surface area contributed by atoms with Gasteiger partial charge in [-0.2, -0.15) is 13.2 Å². The van der Waals surface area contributed by atoms with Crippen molar-refractivity contribution in [3.63, 3.8) is 0 Å². The van der Waals surface area contributed by atoms with Crippen LogP contribution in [0.3, 0.4) is 0 Å². The summed E-state index contributed by atoms with van der Waals surface area (Å²) in [4.78, 5) is 4.06. The lowest BCUT2D eigenvalue weighted by atomic mass is 10.1. The van der Waals surface area contributed by atoms with Crippen molar-refractivity contribution in [2.24, 2.45) is 0 Å². The molecule has 0 aliphatic rings. The number of alkyl halides is 3. The van der Waals surface area contributed by atoms with Gasteiger partial charge in [-0.15, -0.1) is 5.10 Å². The molecule has 3 rings (SSSR count). The van der Waals surface area contributed by atoms with Gasteiger partial charge in [0.2, 0.25) is 5.95 Å². The van der Waals surface area contributed by atoms with Crippen molar-refractivity contribution in [3.05, 3.63) is 64.9 Å². The number of benzene rings is 2. The number of ether oxygens (including phenoxy) is 1. The molecule has 152 valence electrons. The molecule has 0 bridgehead atoms. The van der Waals surface area contributed by atoms with Crippen LogP contribution in [0.4, 0.5) is 24.8 Å². The highest BCUT2D eigenvalue weighted by molar-refractivity contribution is 7.80. The fourth-order valence-corrected chi connectivity index (χ4v) is 2.87. The van der Waals surface area contributed by atoms with Crippen LogP contribution >= 0.6 is 23.8 Å². The number of nitrogens with zero attached hydrogens (tertiary/aromatic N) is 3. The predicted octanol–water partition coefficient (Wildman–Crippen LogP) is 4.82. The Morgan fingerprint density at radius 2 is 2.00 bits per heavy atom. The van der Waals surface area contributed by atoms with Gasteiger partial charge >= 0.3 is 6.18 Å². The monoisotopic (exact) mass is 441 g/mol. The van der Waals surface area contributed by atoms with E-state index in [1.165, 1.54) is 24.2 Å². The first-order valence-corrected chi connectivity index (χ1v) is 9.00. The maximum absolute atomic E-state index is 12.8. The molecule has 1 heterocycles. The van der Waals surface area contributed by atoms with Gasteiger partial charge in [0.15, 0.2) is 5.11 Å². The molecule has 0 aliphatic heterocycles. The second-order valence-electron chi connectivity index (χ2n) is 5.89. The molecular formula is C18H15ClF3N5OS. The van der Waals surface area contributed by atoms with Crippen molar-refractivity contribution in [1.29, 1.82) is 0 Å². The molecule has 0 aliphatic carbocycles. The van der Waals surface area contributed by atoms with E-state index in [-0.39, 0.29) is 17.6 Å². The van der Waals surface area contributed by atoms with Crippen LogP contribution in [0.1, 0.15) is 11.1 Å². The van der Waals surface area contributed by atoms with Gasteiger partial charge in [-0.3, -0.25) is 5.32 Å². The number of hydrogen-bond donors (Lipinski definition) is 2. The molecule has 0 saturated heterocycles. The lowest BCUT2D eigenvalue weighted by molar-refractivity contribution is -0.137. The number of rotatable bonds is 5. The molecule has 1 aromatic heterocycles. The quantitative estimate of drug-likeness (QED) is 0.554. The Hall–Kier alpha value is -2.85. The van der Waals surface area contributed by atoms with Crippen molar-refractivity contribution in [2.75, 3.05) is 17.7 Å². The Balaban J connectivity index is 1.65. The zero-order valence-corrected chi connectivity index (χ0v) is 16.6. The minimum absolute atomic E-state index is 0.126. The van der Waals surface area contributed by atoms with Gasteiger partial charge in [-0.1, -0.05) is 23.7 Å². The zero-order valence-electron chi connectivity index (χ0n) is 15.0. The lowest BCUT2D eigenvalue weighted by Crippen LogP contribution is -2.20. The molecule has 0 saturated carbocycles. The molecule has 0 radical (unpaired) electrons. The largest absolute Gasteiger partial charge is 0.495 e. The van der Waals surface area contributed by atoms with Crippen molar-refractivity contribution < 1.29 is 17.9 Å². The highest BCUT2D eigenvalue weighted by Gasteiger charge is 2.30.